The summed E-state index contributed by atoms with van der Waals surface area (Å²) in [6, 6.07) is 13.0. The number of nitriles is 1. The molecule has 0 unspecified atom stereocenters. The second-order valence-corrected chi connectivity index (χ2v) is 9.13. The van der Waals surface area contributed by atoms with Gasteiger partial charge in [-0.3, -0.25) is 9.59 Å². The number of furan rings is 1. The first-order valence-corrected chi connectivity index (χ1v) is 11.3. The number of hydrogen-bond donors (Lipinski definition) is 2. The summed E-state index contributed by atoms with van der Waals surface area (Å²) < 4.78 is 6.73. The van der Waals surface area contributed by atoms with E-state index >= 15 is 0 Å². The number of benzene rings is 1. The number of nitrogens with zero attached hydrogens (tertiary/aromatic N) is 1. The molecule has 2 amide bonds. The molecule has 0 radical (unpaired) electrons. The van der Waals surface area contributed by atoms with Gasteiger partial charge in [-0.2, -0.15) is 5.26 Å². The Hall–Kier alpha value is -3.15. The standard InChI is InChI=1S/C23H18BrN3O3S/c24-15-7-5-13(6-8-15)18-10-9-16(30-18)11-14(12-25)22(29)27-23-20(21(26)28)17-3-1-2-4-19(17)31-23/h5-11H,1-4H2,(H2,26,28)(H,27,29)/b14-11-. The molecule has 1 aliphatic carbocycles. The third-order valence-corrected chi connectivity index (χ3v) is 6.79. The Bertz CT molecular complexity index is 1230. The maximum Gasteiger partial charge on any atom is 0.267 e. The van der Waals surface area contributed by atoms with Crippen LogP contribution in [-0.4, -0.2) is 11.8 Å². The topological polar surface area (TPSA) is 109 Å². The van der Waals surface area contributed by atoms with Crippen LogP contribution in [0.15, 0.2) is 50.9 Å². The molecule has 4 rings (SSSR count). The van der Waals surface area contributed by atoms with Crippen molar-refractivity contribution in [1.29, 1.82) is 5.26 Å². The average Bonchev–Trinajstić information content (AvgIpc) is 3.36. The van der Waals surface area contributed by atoms with Gasteiger partial charge < -0.3 is 15.5 Å². The number of hydrogen-bond acceptors (Lipinski definition) is 5. The summed E-state index contributed by atoms with van der Waals surface area (Å²) in [5.74, 6) is -0.170. The van der Waals surface area contributed by atoms with Crippen molar-refractivity contribution < 1.29 is 14.0 Å². The van der Waals surface area contributed by atoms with Gasteiger partial charge in [0.2, 0.25) is 0 Å². The predicted molar refractivity (Wildman–Crippen MR) is 124 cm³/mol. The molecule has 8 heteroatoms. The van der Waals surface area contributed by atoms with Crippen LogP contribution in [0.5, 0.6) is 0 Å². The second-order valence-electron chi connectivity index (χ2n) is 7.11. The molecule has 1 aliphatic rings. The molecule has 3 aromatic rings. The zero-order chi connectivity index (χ0) is 22.0. The molecule has 0 atom stereocenters. The van der Waals surface area contributed by atoms with Crippen molar-refractivity contribution in [2.45, 2.75) is 25.7 Å². The molecule has 0 bridgehead atoms. The van der Waals surface area contributed by atoms with Crippen LogP contribution in [0.3, 0.4) is 0 Å². The van der Waals surface area contributed by atoms with Gasteiger partial charge >= 0.3 is 0 Å². The van der Waals surface area contributed by atoms with Gasteiger partial charge in [0, 0.05) is 21.0 Å². The smallest absolute Gasteiger partial charge is 0.267 e. The number of fused-ring (bicyclic) bond motifs is 1. The number of rotatable bonds is 5. The number of halogens is 1. The van der Waals surface area contributed by atoms with Gasteiger partial charge in [-0.1, -0.05) is 28.1 Å². The average molecular weight is 496 g/mol. The molecule has 156 valence electrons. The van der Waals surface area contributed by atoms with Crippen molar-refractivity contribution in [1.82, 2.24) is 0 Å². The van der Waals surface area contributed by atoms with Crippen LogP contribution >= 0.6 is 27.3 Å². The van der Waals surface area contributed by atoms with Gasteiger partial charge in [0.15, 0.2) is 0 Å². The molecule has 2 heterocycles. The highest BCUT2D eigenvalue weighted by molar-refractivity contribution is 9.10. The highest BCUT2D eigenvalue weighted by atomic mass is 79.9. The Morgan fingerprint density at radius 2 is 1.90 bits per heavy atom. The molecule has 6 nitrogen and oxygen atoms in total. The molecule has 0 fully saturated rings. The van der Waals surface area contributed by atoms with Crippen LogP contribution in [0, 0.1) is 11.3 Å². The SMILES string of the molecule is N#C/C(=C/c1ccc(-c2ccc(Br)cc2)o1)C(=O)Nc1sc2c(c1C(N)=O)CCCC2. The number of amides is 2. The van der Waals surface area contributed by atoms with E-state index in [9.17, 15) is 14.9 Å². The molecule has 3 N–H and O–H groups in total. The van der Waals surface area contributed by atoms with Gasteiger partial charge in [0.25, 0.3) is 11.8 Å². The van der Waals surface area contributed by atoms with E-state index in [2.05, 4.69) is 21.2 Å². The minimum atomic E-state index is -0.606. The van der Waals surface area contributed by atoms with Gasteiger partial charge in [0.1, 0.15) is 28.2 Å². The van der Waals surface area contributed by atoms with Crippen LogP contribution < -0.4 is 11.1 Å². The molecule has 0 saturated carbocycles. The van der Waals surface area contributed by atoms with E-state index in [0.29, 0.717) is 22.1 Å². The quantitative estimate of drug-likeness (QED) is 0.369. The fourth-order valence-corrected chi connectivity index (χ4v) is 5.13. The third kappa shape index (κ3) is 4.48. The van der Waals surface area contributed by atoms with Crippen LogP contribution in [0.4, 0.5) is 5.00 Å². The molecule has 2 aromatic heterocycles. The number of carbonyl (C=O) groups excluding carboxylic acids is 2. The van der Waals surface area contributed by atoms with E-state index in [1.165, 1.54) is 17.4 Å². The summed E-state index contributed by atoms with van der Waals surface area (Å²) in [6.07, 6.45) is 5.05. The van der Waals surface area contributed by atoms with Gasteiger partial charge in [-0.05, 0) is 55.5 Å². The summed E-state index contributed by atoms with van der Waals surface area (Å²) in [5, 5.41) is 12.6. The fourth-order valence-electron chi connectivity index (χ4n) is 3.58. The van der Waals surface area contributed by atoms with E-state index in [1.807, 2.05) is 30.3 Å². The van der Waals surface area contributed by atoms with Crippen molar-refractivity contribution in [3.63, 3.8) is 0 Å². The Kier molecular flexibility index (Phi) is 6.07. The van der Waals surface area contributed by atoms with Gasteiger partial charge in [0.05, 0.1) is 5.56 Å². The maximum absolute atomic E-state index is 12.8. The lowest BCUT2D eigenvalue weighted by Gasteiger charge is -2.11. The minimum Gasteiger partial charge on any atom is -0.457 e. The summed E-state index contributed by atoms with van der Waals surface area (Å²) in [6.45, 7) is 0. The number of nitrogens with one attached hydrogen (secondary N) is 1. The van der Waals surface area contributed by atoms with E-state index in [0.717, 1.165) is 46.2 Å². The number of thiophene rings is 1. The van der Waals surface area contributed by atoms with E-state index in [1.54, 1.807) is 12.1 Å². The number of aryl methyl sites for hydroxylation is 1. The first-order valence-electron chi connectivity index (χ1n) is 9.69. The fraction of sp³-hybridized carbons (Fsp3) is 0.174. The van der Waals surface area contributed by atoms with Crippen LogP contribution in [0.1, 0.15) is 39.4 Å². The van der Waals surface area contributed by atoms with Crippen molar-refractivity contribution >= 4 is 50.2 Å². The molecule has 0 spiro atoms. The lowest BCUT2D eigenvalue weighted by atomic mass is 9.95. The zero-order valence-corrected chi connectivity index (χ0v) is 18.8. The molecule has 1 aromatic carbocycles. The lowest BCUT2D eigenvalue weighted by molar-refractivity contribution is -0.112. The Morgan fingerprint density at radius 1 is 1.16 bits per heavy atom. The Balaban J connectivity index is 1.58. The summed E-state index contributed by atoms with van der Waals surface area (Å²) in [5.41, 5.74) is 7.61. The predicted octanol–water partition coefficient (Wildman–Crippen LogP) is 5.29. The summed E-state index contributed by atoms with van der Waals surface area (Å²) >= 11 is 4.75. The van der Waals surface area contributed by atoms with Crippen LogP contribution in [-0.2, 0) is 17.6 Å². The van der Waals surface area contributed by atoms with Crippen molar-refractivity contribution in [3.05, 3.63) is 68.2 Å². The first kappa shape index (κ1) is 21.1. The monoisotopic (exact) mass is 495 g/mol. The normalized spacial score (nSPS) is 13.4. The number of primary amides is 1. The van der Waals surface area contributed by atoms with Gasteiger partial charge in [-0.15, -0.1) is 11.3 Å². The van der Waals surface area contributed by atoms with Crippen LogP contribution in [0.2, 0.25) is 0 Å². The van der Waals surface area contributed by atoms with Crippen molar-refractivity contribution in [3.8, 4) is 17.4 Å². The first-order chi connectivity index (χ1) is 15.0. The molecule has 31 heavy (non-hydrogen) atoms. The third-order valence-electron chi connectivity index (χ3n) is 5.05. The number of anilines is 1. The highest BCUT2D eigenvalue weighted by Crippen LogP contribution is 2.38. The maximum atomic E-state index is 12.8. The summed E-state index contributed by atoms with van der Waals surface area (Å²) in [7, 11) is 0. The van der Waals surface area contributed by atoms with Gasteiger partial charge in [-0.25, -0.2) is 0 Å². The molecular weight excluding hydrogens is 478 g/mol. The lowest BCUT2D eigenvalue weighted by Crippen LogP contribution is -2.19. The van der Waals surface area contributed by atoms with E-state index < -0.39 is 11.8 Å². The number of nitrogens with two attached hydrogens (primary N) is 1. The van der Waals surface area contributed by atoms with E-state index in [4.69, 9.17) is 10.2 Å². The van der Waals surface area contributed by atoms with E-state index in [-0.39, 0.29) is 5.57 Å². The number of carbonyl (C=O) groups is 2. The highest BCUT2D eigenvalue weighted by Gasteiger charge is 2.25. The minimum absolute atomic E-state index is 0.126. The Morgan fingerprint density at radius 3 is 2.61 bits per heavy atom. The van der Waals surface area contributed by atoms with Crippen molar-refractivity contribution in [2.24, 2.45) is 5.73 Å². The summed E-state index contributed by atoms with van der Waals surface area (Å²) in [4.78, 5) is 25.8. The molecule has 0 aliphatic heterocycles. The molecular formula is C23H18BrN3O3S. The second kappa shape index (κ2) is 8.92. The molecule has 0 saturated heterocycles. The van der Waals surface area contributed by atoms with Crippen LogP contribution in [0.25, 0.3) is 17.4 Å². The van der Waals surface area contributed by atoms with Crippen molar-refractivity contribution in [2.75, 3.05) is 5.32 Å². The zero-order valence-electron chi connectivity index (χ0n) is 16.4. The largest absolute Gasteiger partial charge is 0.457 e. The Labute approximate surface area is 191 Å².